The summed E-state index contributed by atoms with van der Waals surface area (Å²) in [5.41, 5.74) is 9.39. The van der Waals surface area contributed by atoms with Gasteiger partial charge < -0.3 is 5.73 Å². The van der Waals surface area contributed by atoms with E-state index in [0.717, 1.165) is 11.8 Å². The number of nitrogens with zero attached hydrogens (tertiary/aromatic N) is 1. The molecule has 0 aliphatic heterocycles. The standard InChI is InChI=1S/C18H28N2/c1-2-4-13-6-8-14(9-7-13)17(19)16-11-10-15-5-3-12-20-18(15)16/h3,5,12-14,16-17H,2,4,6-11,19H2,1H3. The van der Waals surface area contributed by atoms with E-state index in [9.17, 15) is 0 Å². The Hall–Kier alpha value is -0.890. The first-order chi connectivity index (χ1) is 9.79. The van der Waals surface area contributed by atoms with Crippen LogP contribution in [0, 0.1) is 11.8 Å². The van der Waals surface area contributed by atoms with Crippen molar-refractivity contribution in [1.82, 2.24) is 4.98 Å². The molecule has 2 unspecified atom stereocenters. The topological polar surface area (TPSA) is 38.9 Å². The Kier molecular flexibility index (Phi) is 4.40. The smallest absolute Gasteiger partial charge is 0.0482 e. The number of aryl methyl sites for hydroxylation is 1. The molecule has 2 nitrogen and oxygen atoms in total. The second kappa shape index (κ2) is 6.26. The van der Waals surface area contributed by atoms with Gasteiger partial charge in [0, 0.05) is 23.9 Å². The molecule has 1 aromatic heterocycles. The van der Waals surface area contributed by atoms with Gasteiger partial charge in [0.1, 0.15) is 0 Å². The third-order valence-electron chi connectivity index (χ3n) is 5.60. The molecule has 0 saturated heterocycles. The molecule has 1 fully saturated rings. The van der Waals surface area contributed by atoms with Crippen LogP contribution >= 0.6 is 0 Å². The summed E-state index contributed by atoms with van der Waals surface area (Å²) in [6, 6.07) is 4.62. The second-order valence-corrected chi connectivity index (χ2v) is 6.84. The monoisotopic (exact) mass is 272 g/mol. The summed E-state index contributed by atoms with van der Waals surface area (Å²) >= 11 is 0. The van der Waals surface area contributed by atoms with E-state index < -0.39 is 0 Å². The molecule has 1 heterocycles. The van der Waals surface area contributed by atoms with Crippen molar-refractivity contribution in [3.63, 3.8) is 0 Å². The van der Waals surface area contributed by atoms with Crippen molar-refractivity contribution in [2.45, 2.75) is 70.3 Å². The summed E-state index contributed by atoms with van der Waals surface area (Å²) in [6.45, 7) is 2.30. The molecule has 0 amide bonds. The van der Waals surface area contributed by atoms with Gasteiger partial charge >= 0.3 is 0 Å². The summed E-state index contributed by atoms with van der Waals surface area (Å²) in [7, 11) is 0. The maximum Gasteiger partial charge on any atom is 0.0482 e. The van der Waals surface area contributed by atoms with Crippen molar-refractivity contribution in [2.75, 3.05) is 0 Å². The van der Waals surface area contributed by atoms with Crippen LogP contribution in [0.1, 0.15) is 69.0 Å². The van der Waals surface area contributed by atoms with Gasteiger partial charge in [0.25, 0.3) is 0 Å². The summed E-state index contributed by atoms with van der Waals surface area (Å²) < 4.78 is 0. The predicted octanol–water partition coefficient (Wildman–Crippen LogP) is 4.05. The highest BCUT2D eigenvalue weighted by atomic mass is 14.8. The molecule has 2 atom stereocenters. The van der Waals surface area contributed by atoms with Gasteiger partial charge in [-0.1, -0.05) is 38.7 Å². The number of pyridine rings is 1. The van der Waals surface area contributed by atoms with Crippen LogP contribution in [0.25, 0.3) is 0 Å². The van der Waals surface area contributed by atoms with Gasteiger partial charge in [-0.3, -0.25) is 4.98 Å². The van der Waals surface area contributed by atoms with E-state index >= 15 is 0 Å². The van der Waals surface area contributed by atoms with E-state index in [1.54, 1.807) is 0 Å². The first kappa shape index (κ1) is 14.1. The summed E-state index contributed by atoms with van der Waals surface area (Å²) in [5, 5.41) is 0. The van der Waals surface area contributed by atoms with Gasteiger partial charge in [-0.05, 0) is 49.1 Å². The van der Waals surface area contributed by atoms with Crippen LogP contribution in [0.5, 0.6) is 0 Å². The molecule has 1 aromatic rings. The lowest BCUT2D eigenvalue weighted by molar-refractivity contribution is 0.217. The highest BCUT2D eigenvalue weighted by molar-refractivity contribution is 5.30. The minimum atomic E-state index is 0.328. The largest absolute Gasteiger partial charge is 0.327 e. The van der Waals surface area contributed by atoms with E-state index in [4.69, 9.17) is 5.73 Å². The van der Waals surface area contributed by atoms with Crippen molar-refractivity contribution < 1.29 is 0 Å². The average molecular weight is 272 g/mol. The molecule has 2 heteroatoms. The van der Waals surface area contributed by atoms with Gasteiger partial charge in [-0.25, -0.2) is 0 Å². The highest BCUT2D eigenvalue weighted by Crippen LogP contribution is 2.40. The lowest BCUT2D eigenvalue weighted by Crippen LogP contribution is -2.37. The zero-order chi connectivity index (χ0) is 13.9. The maximum atomic E-state index is 6.65. The maximum absolute atomic E-state index is 6.65. The van der Waals surface area contributed by atoms with Crippen LogP contribution in [0.4, 0.5) is 0 Å². The molecule has 20 heavy (non-hydrogen) atoms. The Morgan fingerprint density at radius 3 is 2.80 bits per heavy atom. The van der Waals surface area contributed by atoms with Crippen molar-refractivity contribution in [3.05, 3.63) is 29.6 Å². The number of nitrogens with two attached hydrogens (primary N) is 1. The molecule has 0 aromatic carbocycles. The third kappa shape index (κ3) is 2.76. The minimum absolute atomic E-state index is 0.328. The van der Waals surface area contributed by atoms with Crippen molar-refractivity contribution >= 4 is 0 Å². The zero-order valence-corrected chi connectivity index (χ0v) is 12.7. The quantitative estimate of drug-likeness (QED) is 0.898. The molecular weight excluding hydrogens is 244 g/mol. The Labute approximate surface area is 123 Å². The molecule has 2 aliphatic carbocycles. The molecule has 3 rings (SSSR count). The van der Waals surface area contributed by atoms with E-state index in [2.05, 4.69) is 24.0 Å². The fourth-order valence-electron chi connectivity index (χ4n) is 4.42. The van der Waals surface area contributed by atoms with Crippen LogP contribution in [0.2, 0.25) is 0 Å². The van der Waals surface area contributed by atoms with Gasteiger partial charge in [-0.15, -0.1) is 0 Å². The normalized spacial score (nSPS) is 31.0. The predicted molar refractivity (Wildman–Crippen MR) is 83.6 cm³/mol. The molecule has 0 spiro atoms. The van der Waals surface area contributed by atoms with Crippen LogP contribution in [-0.4, -0.2) is 11.0 Å². The number of rotatable bonds is 4. The molecule has 2 N–H and O–H groups in total. The lowest BCUT2D eigenvalue weighted by Gasteiger charge is -2.34. The van der Waals surface area contributed by atoms with Gasteiger partial charge in [-0.2, -0.15) is 0 Å². The first-order valence-corrected chi connectivity index (χ1v) is 8.49. The Balaban J connectivity index is 1.62. The van der Waals surface area contributed by atoms with E-state index in [1.807, 2.05) is 6.20 Å². The Bertz CT molecular complexity index is 435. The molecular formula is C18H28N2. The average Bonchev–Trinajstić information content (AvgIpc) is 2.92. The van der Waals surface area contributed by atoms with Gasteiger partial charge in [0.15, 0.2) is 0 Å². The van der Waals surface area contributed by atoms with Crippen LogP contribution in [0.15, 0.2) is 18.3 Å². The SMILES string of the molecule is CCCC1CCC(C(N)C2CCc3cccnc32)CC1. The number of aromatic nitrogens is 1. The number of fused-ring (bicyclic) bond motifs is 1. The highest BCUT2D eigenvalue weighted by Gasteiger charge is 2.34. The van der Waals surface area contributed by atoms with Crippen molar-refractivity contribution in [1.29, 1.82) is 0 Å². The number of hydrogen-bond donors (Lipinski definition) is 1. The zero-order valence-electron chi connectivity index (χ0n) is 12.7. The van der Waals surface area contributed by atoms with Gasteiger partial charge in [0.2, 0.25) is 0 Å². The van der Waals surface area contributed by atoms with Crippen LogP contribution in [-0.2, 0) is 6.42 Å². The summed E-state index contributed by atoms with van der Waals surface area (Å²) in [4.78, 5) is 4.62. The van der Waals surface area contributed by atoms with Gasteiger partial charge in [0.05, 0.1) is 0 Å². The van der Waals surface area contributed by atoms with Crippen molar-refractivity contribution in [3.8, 4) is 0 Å². The van der Waals surface area contributed by atoms with Crippen LogP contribution in [0.3, 0.4) is 0 Å². The summed E-state index contributed by atoms with van der Waals surface area (Å²) in [5.74, 6) is 2.21. The third-order valence-corrected chi connectivity index (χ3v) is 5.60. The van der Waals surface area contributed by atoms with Crippen LogP contribution < -0.4 is 5.73 Å². The Morgan fingerprint density at radius 2 is 2.05 bits per heavy atom. The van der Waals surface area contributed by atoms with Crippen molar-refractivity contribution in [2.24, 2.45) is 17.6 Å². The number of hydrogen-bond acceptors (Lipinski definition) is 2. The Morgan fingerprint density at radius 1 is 1.25 bits per heavy atom. The molecule has 2 aliphatic rings. The molecule has 1 saturated carbocycles. The van der Waals surface area contributed by atoms with E-state index in [1.165, 1.54) is 62.6 Å². The lowest BCUT2D eigenvalue weighted by atomic mass is 9.74. The first-order valence-electron chi connectivity index (χ1n) is 8.49. The molecule has 0 radical (unpaired) electrons. The molecule has 110 valence electrons. The van der Waals surface area contributed by atoms with E-state index in [0.29, 0.717) is 12.0 Å². The fourth-order valence-corrected chi connectivity index (χ4v) is 4.42. The minimum Gasteiger partial charge on any atom is -0.327 e. The van der Waals surface area contributed by atoms with E-state index in [-0.39, 0.29) is 0 Å². The summed E-state index contributed by atoms with van der Waals surface area (Å²) in [6.07, 6.45) is 12.5. The fraction of sp³-hybridized carbons (Fsp3) is 0.722. The molecule has 0 bridgehead atoms. The second-order valence-electron chi connectivity index (χ2n) is 6.84.